The number of hydrogen-bond donors (Lipinski definition) is 2. The number of anilines is 1. The highest BCUT2D eigenvalue weighted by molar-refractivity contribution is 5.92. The molecule has 3 N–H and O–H groups in total. The lowest BCUT2D eigenvalue weighted by atomic mass is 10.00. The molecule has 0 aliphatic heterocycles. The van der Waals surface area contributed by atoms with Crippen molar-refractivity contribution in [2.75, 3.05) is 24.5 Å². The maximum Gasteiger partial charge on any atom is 0.120 e. The van der Waals surface area contributed by atoms with E-state index in [9.17, 15) is 0 Å². The Morgan fingerprint density at radius 2 is 1.64 bits per heavy atom. The molecule has 33 heavy (non-hydrogen) atoms. The smallest absolute Gasteiger partial charge is 0.120 e. The molecule has 0 saturated heterocycles. The molecule has 3 aromatic carbocycles. The molecule has 4 aromatic rings. The molecule has 0 amide bonds. The molecule has 0 atom stereocenters. The van der Waals surface area contributed by atoms with Gasteiger partial charge in [-0.2, -0.15) is 0 Å². The van der Waals surface area contributed by atoms with E-state index >= 15 is 0 Å². The van der Waals surface area contributed by atoms with Crippen LogP contribution in [0, 0.1) is 0 Å². The van der Waals surface area contributed by atoms with Gasteiger partial charge in [0.25, 0.3) is 0 Å². The van der Waals surface area contributed by atoms with Crippen LogP contribution in [0.1, 0.15) is 37.8 Å². The number of aromatic amines is 1. The Labute approximate surface area is 197 Å². The molecule has 4 nitrogen and oxygen atoms in total. The summed E-state index contributed by atoms with van der Waals surface area (Å²) in [5.74, 6) is 0.897. The number of nitrogens with two attached hydrogens (primary N) is 1. The molecule has 0 unspecified atom stereocenters. The standard InChI is InChI=1S/C29H35N3O/c1-3-32(4-2)24-15-13-23(14-16-24)29-26(12-8-9-19-30)27-20-25(17-18-28(27)31-29)33-21-22-10-6-5-7-11-22/h5-7,10-11,13-18,20,31H,3-4,8-9,12,19,21,30H2,1-2H3. The quantitative estimate of drug-likeness (QED) is 0.260. The second-order valence-electron chi connectivity index (χ2n) is 8.43. The van der Waals surface area contributed by atoms with Crippen molar-refractivity contribution in [1.29, 1.82) is 0 Å². The first-order valence-corrected chi connectivity index (χ1v) is 12.1. The minimum absolute atomic E-state index is 0.568. The maximum atomic E-state index is 6.12. The van der Waals surface area contributed by atoms with Gasteiger partial charge >= 0.3 is 0 Å². The summed E-state index contributed by atoms with van der Waals surface area (Å²) in [6, 6.07) is 25.6. The van der Waals surface area contributed by atoms with Crippen molar-refractivity contribution in [3.63, 3.8) is 0 Å². The molecule has 172 valence electrons. The number of ether oxygens (including phenoxy) is 1. The molecule has 0 fully saturated rings. The van der Waals surface area contributed by atoms with Gasteiger partial charge in [0.1, 0.15) is 12.4 Å². The van der Waals surface area contributed by atoms with Gasteiger partial charge in [-0.15, -0.1) is 0 Å². The first kappa shape index (κ1) is 22.9. The summed E-state index contributed by atoms with van der Waals surface area (Å²) in [5.41, 5.74) is 13.1. The molecule has 1 heterocycles. The lowest BCUT2D eigenvalue weighted by molar-refractivity contribution is 0.306. The Hall–Kier alpha value is -3.24. The topological polar surface area (TPSA) is 54.3 Å². The Kier molecular flexibility index (Phi) is 7.69. The highest BCUT2D eigenvalue weighted by Gasteiger charge is 2.15. The van der Waals surface area contributed by atoms with E-state index in [-0.39, 0.29) is 0 Å². The highest BCUT2D eigenvalue weighted by Crippen LogP contribution is 2.34. The van der Waals surface area contributed by atoms with Crippen LogP contribution in [-0.2, 0) is 13.0 Å². The third-order valence-electron chi connectivity index (χ3n) is 6.29. The predicted molar refractivity (Wildman–Crippen MR) is 140 cm³/mol. The van der Waals surface area contributed by atoms with E-state index in [4.69, 9.17) is 10.5 Å². The summed E-state index contributed by atoms with van der Waals surface area (Å²) in [4.78, 5) is 6.05. The van der Waals surface area contributed by atoms with E-state index in [1.54, 1.807) is 0 Å². The second-order valence-corrected chi connectivity index (χ2v) is 8.43. The van der Waals surface area contributed by atoms with Crippen LogP contribution < -0.4 is 15.4 Å². The summed E-state index contributed by atoms with van der Waals surface area (Å²) < 4.78 is 6.12. The molecule has 0 aliphatic carbocycles. The molecule has 0 radical (unpaired) electrons. The summed E-state index contributed by atoms with van der Waals surface area (Å²) in [6.45, 7) is 7.71. The molecule has 0 spiro atoms. The monoisotopic (exact) mass is 441 g/mol. The first-order chi connectivity index (χ1) is 16.2. The minimum Gasteiger partial charge on any atom is -0.489 e. The lowest BCUT2D eigenvalue weighted by Gasteiger charge is -2.21. The van der Waals surface area contributed by atoms with Crippen molar-refractivity contribution in [1.82, 2.24) is 4.98 Å². The molecule has 4 heteroatoms. The van der Waals surface area contributed by atoms with Gasteiger partial charge in [0.2, 0.25) is 0 Å². The van der Waals surface area contributed by atoms with E-state index in [0.29, 0.717) is 6.61 Å². The second kappa shape index (κ2) is 11.1. The number of hydrogen-bond acceptors (Lipinski definition) is 3. The fourth-order valence-electron chi connectivity index (χ4n) is 4.44. The van der Waals surface area contributed by atoms with E-state index in [1.807, 2.05) is 18.2 Å². The van der Waals surface area contributed by atoms with E-state index in [2.05, 4.69) is 78.3 Å². The zero-order valence-corrected chi connectivity index (χ0v) is 19.8. The summed E-state index contributed by atoms with van der Waals surface area (Å²) in [5, 5.41) is 1.24. The number of fused-ring (bicyclic) bond motifs is 1. The normalized spacial score (nSPS) is 11.1. The van der Waals surface area contributed by atoms with Crippen LogP contribution in [0.5, 0.6) is 5.75 Å². The van der Waals surface area contributed by atoms with Gasteiger partial charge in [0.15, 0.2) is 0 Å². The third-order valence-corrected chi connectivity index (χ3v) is 6.29. The van der Waals surface area contributed by atoms with E-state index < -0.39 is 0 Å². The maximum absolute atomic E-state index is 6.12. The number of benzene rings is 3. The van der Waals surface area contributed by atoms with Gasteiger partial charge in [-0.25, -0.2) is 0 Å². The molecular formula is C29H35N3O. The largest absolute Gasteiger partial charge is 0.489 e. The fraction of sp³-hybridized carbons (Fsp3) is 0.310. The van der Waals surface area contributed by atoms with Crippen molar-refractivity contribution < 1.29 is 4.74 Å². The zero-order valence-electron chi connectivity index (χ0n) is 19.8. The van der Waals surface area contributed by atoms with Gasteiger partial charge in [-0.05, 0) is 86.7 Å². The number of unbranched alkanes of at least 4 members (excludes halogenated alkanes) is 1. The predicted octanol–water partition coefficient (Wildman–Crippen LogP) is 6.54. The minimum atomic E-state index is 0.568. The number of nitrogens with zero attached hydrogens (tertiary/aromatic N) is 1. The Morgan fingerprint density at radius 1 is 0.879 bits per heavy atom. The lowest BCUT2D eigenvalue weighted by Crippen LogP contribution is -2.21. The van der Waals surface area contributed by atoms with Crippen molar-refractivity contribution in [3.05, 3.63) is 83.9 Å². The summed E-state index contributed by atoms with van der Waals surface area (Å²) in [7, 11) is 0. The molecule has 4 rings (SSSR count). The first-order valence-electron chi connectivity index (χ1n) is 12.1. The average molecular weight is 442 g/mol. The van der Waals surface area contributed by atoms with Gasteiger partial charge < -0.3 is 20.4 Å². The Bertz CT molecular complexity index is 1140. The van der Waals surface area contributed by atoms with Gasteiger partial charge in [0.05, 0.1) is 0 Å². The van der Waals surface area contributed by atoms with Gasteiger partial charge in [-0.3, -0.25) is 0 Å². The van der Waals surface area contributed by atoms with Crippen molar-refractivity contribution in [2.45, 2.75) is 39.7 Å². The highest BCUT2D eigenvalue weighted by atomic mass is 16.5. The third kappa shape index (κ3) is 5.40. The Morgan fingerprint density at radius 3 is 2.33 bits per heavy atom. The van der Waals surface area contributed by atoms with Crippen LogP contribution in [0.2, 0.25) is 0 Å². The SMILES string of the molecule is CCN(CC)c1ccc(-c2[nH]c3ccc(OCc4ccccc4)cc3c2CCCCN)cc1. The molecule has 0 bridgehead atoms. The van der Waals surface area contributed by atoms with Crippen LogP contribution in [0.3, 0.4) is 0 Å². The molecule has 0 aliphatic rings. The van der Waals surface area contributed by atoms with Crippen LogP contribution in [0.15, 0.2) is 72.8 Å². The summed E-state index contributed by atoms with van der Waals surface area (Å²) >= 11 is 0. The number of H-pyrrole nitrogens is 1. The van der Waals surface area contributed by atoms with Crippen LogP contribution in [0.25, 0.3) is 22.2 Å². The van der Waals surface area contributed by atoms with Gasteiger partial charge in [-0.1, -0.05) is 42.5 Å². The Balaban J connectivity index is 1.65. The van der Waals surface area contributed by atoms with Crippen LogP contribution in [0.4, 0.5) is 5.69 Å². The number of aromatic nitrogens is 1. The van der Waals surface area contributed by atoms with E-state index in [1.165, 1.54) is 33.5 Å². The van der Waals surface area contributed by atoms with E-state index in [0.717, 1.165) is 50.2 Å². The zero-order chi connectivity index (χ0) is 23.0. The number of rotatable bonds is 11. The molecule has 0 saturated carbocycles. The number of nitrogens with one attached hydrogen (secondary N) is 1. The molecule has 1 aromatic heterocycles. The average Bonchev–Trinajstić information content (AvgIpc) is 3.22. The van der Waals surface area contributed by atoms with Crippen LogP contribution >= 0.6 is 0 Å². The van der Waals surface area contributed by atoms with Crippen molar-refractivity contribution >= 4 is 16.6 Å². The van der Waals surface area contributed by atoms with Crippen molar-refractivity contribution in [2.24, 2.45) is 5.73 Å². The number of aryl methyl sites for hydroxylation is 1. The van der Waals surface area contributed by atoms with Crippen LogP contribution in [-0.4, -0.2) is 24.6 Å². The summed E-state index contributed by atoms with van der Waals surface area (Å²) in [6.07, 6.45) is 3.09. The van der Waals surface area contributed by atoms with Crippen molar-refractivity contribution in [3.8, 4) is 17.0 Å². The fourth-order valence-corrected chi connectivity index (χ4v) is 4.44. The molecular weight excluding hydrogens is 406 g/mol. The van der Waals surface area contributed by atoms with Gasteiger partial charge in [0, 0.05) is 35.4 Å².